The average molecular weight is 224 g/mol. The van der Waals surface area contributed by atoms with Gasteiger partial charge in [-0.05, 0) is 18.3 Å². The largest absolute Gasteiger partial charge is 0.348 e. The predicted molar refractivity (Wildman–Crippen MR) is 68.0 cm³/mol. The fourth-order valence-electron chi connectivity index (χ4n) is 1.29. The third-order valence-corrected chi connectivity index (χ3v) is 2.19. The van der Waals surface area contributed by atoms with Gasteiger partial charge in [-0.3, -0.25) is 10.3 Å². The van der Waals surface area contributed by atoms with Crippen LogP contribution in [0, 0.1) is 16.9 Å². The maximum absolute atomic E-state index is 8.53. The summed E-state index contributed by atoms with van der Waals surface area (Å²) < 4.78 is 0. The molecule has 0 heterocycles. The lowest BCUT2D eigenvalue weighted by atomic mass is 9.90. The van der Waals surface area contributed by atoms with E-state index < -0.39 is 0 Å². The van der Waals surface area contributed by atoms with Gasteiger partial charge >= 0.3 is 0 Å². The van der Waals surface area contributed by atoms with E-state index in [2.05, 4.69) is 31.1 Å². The Morgan fingerprint density at radius 3 is 2.38 bits per heavy atom. The molecule has 0 aliphatic rings. The van der Waals surface area contributed by atoms with Gasteiger partial charge in [-0.25, -0.2) is 0 Å². The molecule has 0 fully saturated rings. The van der Waals surface area contributed by atoms with Gasteiger partial charge in [-0.2, -0.15) is 5.26 Å². The summed E-state index contributed by atoms with van der Waals surface area (Å²) in [6.07, 6.45) is 5.36. The molecule has 16 heavy (non-hydrogen) atoms. The summed E-state index contributed by atoms with van der Waals surface area (Å²) in [5.74, 6) is 0.637. The highest BCUT2D eigenvalue weighted by Crippen LogP contribution is 2.21. The molecule has 4 heteroatoms. The zero-order valence-electron chi connectivity index (χ0n) is 11.2. The molecule has 0 unspecified atom stereocenters. The Bertz CT molecular complexity index is 255. The van der Waals surface area contributed by atoms with E-state index in [0.29, 0.717) is 11.4 Å². The van der Waals surface area contributed by atoms with E-state index in [0.717, 1.165) is 13.0 Å². The van der Waals surface area contributed by atoms with Gasteiger partial charge in [0.05, 0.1) is 0 Å². The van der Waals surface area contributed by atoms with Crippen LogP contribution in [-0.2, 0) is 0 Å². The minimum atomic E-state index is 0.402. The summed E-state index contributed by atoms with van der Waals surface area (Å²) in [7, 11) is 3.75. The summed E-state index contributed by atoms with van der Waals surface area (Å²) in [5, 5.41) is 11.1. The molecule has 0 bridgehead atoms. The summed E-state index contributed by atoms with van der Waals surface area (Å²) >= 11 is 0. The second-order valence-electron chi connectivity index (χ2n) is 5.35. The number of guanidine groups is 1. The van der Waals surface area contributed by atoms with Crippen LogP contribution in [0.25, 0.3) is 0 Å². The first-order valence-corrected chi connectivity index (χ1v) is 5.74. The smallest absolute Gasteiger partial charge is 0.206 e. The molecular weight excluding hydrogens is 200 g/mol. The number of hydrogen-bond donors (Lipinski definition) is 1. The van der Waals surface area contributed by atoms with Crippen molar-refractivity contribution in [2.75, 3.05) is 20.6 Å². The number of nitriles is 1. The predicted octanol–water partition coefficient (Wildman–Crippen LogP) is 2.19. The van der Waals surface area contributed by atoms with Crippen LogP contribution in [0.1, 0.15) is 40.0 Å². The third kappa shape index (κ3) is 8.10. The fraction of sp³-hybridized carbons (Fsp3) is 0.833. The van der Waals surface area contributed by atoms with Crippen LogP contribution < -0.4 is 5.32 Å². The van der Waals surface area contributed by atoms with Crippen LogP contribution in [-0.4, -0.2) is 31.5 Å². The normalized spacial score (nSPS) is 12.1. The molecule has 0 radical (unpaired) electrons. The molecule has 92 valence electrons. The molecule has 0 aromatic carbocycles. The van der Waals surface area contributed by atoms with Crippen molar-refractivity contribution in [2.45, 2.75) is 40.0 Å². The van der Waals surface area contributed by atoms with Gasteiger partial charge < -0.3 is 4.90 Å². The molecule has 0 aromatic rings. The number of unbranched alkanes of at least 4 members (excludes halogenated alkanes) is 1. The Morgan fingerprint density at radius 1 is 1.31 bits per heavy atom. The Hall–Kier alpha value is -1.24. The molecule has 0 aliphatic carbocycles. The standard InChI is InChI=1S/C12H24N4/c1-12(2,3)8-6-7-9-14-11(15-10-13)16(4)5/h6-9H2,1-5H3,(H,14,15). The highest BCUT2D eigenvalue weighted by molar-refractivity contribution is 5.80. The van der Waals surface area contributed by atoms with E-state index in [9.17, 15) is 0 Å². The van der Waals surface area contributed by atoms with Gasteiger partial charge in [0.15, 0.2) is 6.19 Å². The van der Waals surface area contributed by atoms with Gasteiger partial charge in [-0.1, -0.05) is 27.2 Å². The highest BCUT2D eigenvalue weighted by Gasteiger charge is 2.08. The lowest BCUT2D eigenvalue weighted by Gasteiger charge is -2.17. The minimum Gasteiger partial charge on any atom is -0.348 e. The molecule has 0 saturated carbocycles. The van der Waals surface area contributed by atoms with Crippen molar-refractivity contribution in [1.29, 1.82) is 5.26 Å². The monoisotopic (exact) mass is 224 g/mol. The van der Waals surface area contributed by atoms with Crippen molar-refractivity contribution >= 4 is 5.96 Å². The zero-order valence-corrected chi connectivity index (χ0v) is 11.2. The first-order valence-electron chi connectivity index (χ1n) is 5.74. The molecule has 0 rings (SSSR count). The van der Waals surface area contributed by atoms with Gasteiger partial charge in [0.1, 0.15) is 0 Å². The van der Waals surface area contributed by atoms with E-state index in [-0.39, 0.29) is 0 Å². The Morgan fingerprint density at radius 2 is 1.94 bits per heavy atom. The van der Waals surface area contributed by atoms with Crippen molar-refractivity contribution < 1.29 is 0 Å². The summed E-state index contributed by atoms with van der Waals surface area (Å²) in [6, 6.07) is 0. The first-order chi connectivity index (χ1) is 7.37. The number of hydrogen-bond acceptors (Lipinski definition) is 2. The van der Waals surface area contributed by atoms with Crippen molar-refractivity contribution in [3.05, 3.63) is 0 Å². The zero-order chi connectivity index (χ0) is 12.6. The fourth-order valence-corrected chi connectivity index (χ4v) is 1.29. The topological polar surface area (TPSA) is 51.4 Å². The first kappa shape index (κ1) is 14.8. The van der Waals surface area contributed by atoms with Crippen LogP contribution in [0.5, 0.6) is 0 Å². The second-order valence-corrected chi connectivity index (χ2v) is 5.35. The third-order valence-electron chi connectivity index (χ3n) is 2.19. The number of nitrogens with zero attached hydrogens (tertiary/aromatic N) is 3. The molecule has 0 saturated heterocycles. The maximum atomic E-state index is 8.53. The molecule has 0 aromatic heterocycles. The number of nitrogens with one attached hydrogen (secondary N) is 1. The van der Waals surface area contributed by atoms with Crippen LogP contribution in [0.4, 0.5) is 0 Å². The van der Waals surface area contributed by atoms with Crippen LogP contribution in [0.2, 0.25) is 0 Å². The Balaban J connectivity index is 3.85. The quantitative estimate of drug-likeness (QED) is 0.262. The second kappa shape index (κ2) is 7.10. The SMILES string of the molecule is CN(C)C(=NCCCCC(C)(C)C)NC#N. The van der Waals surface area contributed by atoms with Crippen LogP contribution in [0.3, 0.4) is 0 Å². The minimum absolute atomic E-state index is 0.402. The van der Waals surface area contributed by atoms with E-state index in [1.54, 1.807) is 0 Å². The summed E-state index contributed by atoms with van der Waals surface area (Å²) in [6.45, 7) is 7.52. The van der Waals surface area contributed by atoms with Gasteiger partial charge in [0.25, 0.3) is 0 Å². The van der Waals surface area contributed by atoms with E-state index in [4.69, 9.17) is 5.26 Å². The maximum Gasteiger partial charge on any atom is 0.206 e. The Labute approximate surface area is 99.4 Å². The molecule has 0 atom stereocenters. The lowest BCUT2D eigenvalue weighted by molar-refractivity contribution is 0.361. The number of rotatable bonds is 4. The summed E-state index contributed by atoms with van der Waals surface area (Å²) in [5.41, 5.74) is 0.402. The van der Waals surface area contributed by atoms with Crippen LogP contribution >= 0.6 is 0 Å². The Kier molecular flexibility index (Phi) is 6.55. The van der Waals surface area contributed by atoms with E-state index >= 15 is 0 Å². The molecular formula is C12H24N4. The molecule has 0 aliphatic heterocycles. The van der Waals surface area contributed by atoms with Crippen molar-refractivity contribution in [3.8, 4) is 6.19 Å². The average Bonchev–Trinajstić information content (AvgIpc) is 2.13. The molecule has 0 spiro atoms. The summed E-state index contributed by atoms with van der Waals surface area (Å²) in [4.78, 5) is 6.15. The molecule has 0 amide bonds. The van der Waals surface area contributed by atoms with Crippen molar-refractivity contribution in [2.24, 2.45) is 10.4 Å². The van der Waals surface area contributed by atoms with Crippen molar-refractivity contribution in [3.63, 3.8) is 0 Å². The van der Waals surface area contributed by atoms with E-state index in [1.807, 2.05) is 25.2 Å². The van der Waals surface area contributed by atoms with E-state index in [1.165, 1.54) is 12.8 Å². The van der Waals surface area contributed by atoms with Gasteiger partial charge in [0, 0.05) is 20.6 Å². The van der Waals surface area contributed by atoms with Gasteiger partial charge in [-0.15, -0.1) is 0 Å². The highest BCUT2D eigenvalue weighted by atomic mass is 15.3. The molecule has 1 N–H and O–H groups in total. The lowest BCUT2D eigenvalue weighted by Crippen LogP contribution is -2.33. The number of aliphatic imine (C=N–C) groups is 1. The molecule has 4 nitrogen and oxygen atoms in total. The van der Waals surface area contributed by atoms with Gasteiger partial charge in [0.2, 0.25) is 5.96 Å². The van der Waals surface area contributed by atoms with Crippen LogP contribution in [0.15, 0.2) is 4.99 Å². The van der Waals surface area contributed by atoms with Crippen molar-refractivity contribution in [1.82, 2.24) is 10.2 Å².